The number of thioether (sulfide) groups is 1. The number of alkyl halides is 1. The summed E-state index contributed by atoms with van der Waals surface area (Å²) in [5.74, 6) is 1.85. The van der Waals surface area contributed by atoms with Gasteiger partial charge in [-0.05, 0) is 43.2 Å². The van der Waals surface area contributed by atoms with Gasteiger partial charge in [0.25, 0.3) is 0 Å². The SMILES string of the molecule is Cc1ccc(SCCCCCl)c(N)c1. The molecule has 0 unspecified atom stereocenters. The number of unbranched alkanes of at least 4 members (excludes halogenated alkanes) is 1. The Bertz CT molecular complexity index is 289. The zero-order valence-corrected chi connectivity index (χ0v) is 10.00. The van der Waals surface area contributed by atoms with E-state index in [2.05, 4.69) is 19.1 Å². The number of halogens is 1. The Morgan fingerprint density at radius 1 is 1.36 bits per heavy atom. The molecule has 0 amide bonds. The Morgan fingerprint density at radius 3 is 2.79 bits per heavy atom. The molecule has 0 aliphatic heterocycles. The Balaban J connectivity index is 2.42. The number of anilines is 1. The summed E-state index contributed by atoms with van der Waals surface area (Å²) in [4.78, 5) is 1.19. The van der Waals surface area contributed by atoms with Gasteiger partial charge in [0.05, 0.1) is 0 Å². The summed E-state index contributed by atoms with van der Waals surface area (Å²) in [7, 11) is 0. The highest BCUT2D eigenvalue weighted by atomic mass is 35.5. The van der Waals surface area contributed by atoms with Crippen LogP contribution in [0.3, 0.4) is 0 Å². The highest BCUT2D eigenvalue weighted by Crippen LogP contribution is 2.26. The Labute approximate surface area is 95.0 Å². The van der Waals surface area contributed by atoms with Gasteiger partial charge in [0.2, 0.25) is 0 Å². The van der Waals surface area contributed by atoms with Gasteiger partial charge in [-0.3, -0.25) is 0 Å². The number of benzene rings is 1. The smallest absolute Gasteiger partial charge is 0.0454 e. The number of nitrogens with two attached hydrogens (primary N) is 1. The van der Waals surface area contributed by atoms with E-state index in [0.717, 1.165) is 30.2 Å². The fourth-order valence-corrected chi connectivity index (χ4v) is 2.33. The first-order valence-electron chi connectivity index (χ1n) is 4.79. The highest BCUT2D eigenvalue weighted by Gasteiger charge is 1.99. The topological polar surface area (TPSA) is 26.0 Å². The second-order valence-corrected chi connectivity index (χ2v) is 4.80. The van der Waals surface area contributed by atoms with Crippen molar-refractivity contribution in [2.24, 2.45) is 0 Å². The van der Waals surface area contributed by atoms with E-state index in [1.54, 1.807) is 0 Å². The lowest BCUT2D eigenvalue weighted by atomic mass is 10.2. The normalized spacial score (nSPS) is 10.4. The zero-order chi connectivity index (χ0) is 10.4. The third kappa shape index (κ3) is 3.81. The lowest BCUT2D eigenvalue weighted by Crippen LogP contribution is -1.90. The van der Waals surface area contributed by atoms with E-state index in [4.69, 9.17) is 17.3 Å². The quantitative estimate of drug-likeness (QED) is 0.361. The fourth-order valence-electron chi connectivity index (χ4n) is 1.18. The lowest BCUT2D eigenvalue weighted by Gasteiger charge is -2.05. The Morgan fingerprint density at radius 2 is 2.14 bits per heavy atom. The van der Waals surface area contributed by atoms with E-state index in [0.29, 0.717) is 0 Å². The van der Waals surface area contributed by atoms with Crippen LogP contribution in [0.15, 0.2) is 23.1 Å². The van der Waals surface area contributed by atoms with E-state index in [-0.39, 0.29) is 0 Å². The average Bonchev–Trinajstić information content (AvgIpc) is 2.15. The average molecular weight is 230 g/mol. The van der Waals surface area contributed by atoms with Crippen LogP contribution in [0.4, 0.5) is 5.69 Å². The molecule has 0 aliphatic rings. The van der Waals surface area contributed by atoms with Crippen molar-refractivity contribution in [3.63, 3.8) is 0 Å². The van der Waals surface area contributed by atoms with Gasteiger partial charge in [0.15, 0.2) is 0 Å². The third-order valence-electron chi connectivity index (χ3n) is 1.95. The summed E-state index contributed by atoms with van der Waals surface area (Å²) in [5.41, 5.74) is 7.99. The minimum absolute atomic E-state index is 0.754. The van der Waals surface area contributed by atoms with Gasteiger partial charge in [-0.2, -0.15) is 0 Å². The number of rotatable bonds is 5. The molecule has 78 valence electrons. The van der Waals surface area contributed by atoms with Crippen molar-refractivity contribution in [1.82, 2.24) is 0 Å². The van der Waals surface area contributed by atoms with Gasteiger partial charge in [-0.25, -0.2) is 0 Å². The molecule has 0 aromatic heterocycles. The summed E-state index contributed by atoms with van der Waals surface area (Å²) in [5, 5.41) is 0. The first kappa shape index (κ1) is 11.7. The summed E-state index contributed by atoms with van der Waals surface area (Å²) in [6.07, 6.45) is 2.24. The molecule has 0 bridgehead atoms. The van der Waals surface area contributed by atoms with Crippen molar-refractivity contribution in [3.05, 3.63) is 23.8 Å². The van der Waals surface area contributed by atoms with Crippen LogP contribution in [0.5, 0.6) is 0 Å². The van der Waals surface area contributed by atoms with Crippen LogP contribution in [0.1, 0.15) is 18.4 Å². The molecule has 0 saturated heterocycles. The van der Waals surface area contributed by atoms with Crippen LogP contribution in [-0.2, 0) is 0 Å². The molecule has 0 atom stereocenters. The molecule has 1 nitrogen and oxygen atoms in total. The number of aryl methyl sites for hydroxylation is 1. The molecule has 0 saturated carbocycles. The van der Waals surface area contributed by atoms with Crippen LogP contribution in [-0.4, -0.2) is 11.6 Å². The third-order valence-corrected chi connectivity index (χ3v) is 3.39. The van der Waals surface area contributed by atoms with Crippen LogP contribution in [0.25, 0.3) is 0 Å². The maximum Gasteiger partial charge on any atom is 0.0454 e. The van der Waals surface area contributed by atoms with Gasteiger partial charge < -0.3 is 5.73 Å². The molecular weight excluding hydrogens is 214 g/mol. The van der Waals surface area contributed by atoms with E-state index < -0.39 is 0 Å². The standard InChI is InChI=1S/C11H16ClNS/c1-9-4-5-11(10(13)8-9)14-7-3-2-6-12/h4-5,8H,2-3,6-7,13H2,1H3. The van der Waals surface area contributed by atoms with Crippen molar-refractivity contribution >= 4 is 29.1 Å². The van der Waals surface area contributed by atoms with Crippen LogP contribution >= 0.6 is 23.4 Å². The molecule has 0 spiro atoms. The number of hydrogen-bond acceptors (Lipinski definition) is 2. The molecule has 1 aromatic carbocycles. The molecule has 0 radical (unpaired) electrons. The fraction of sp³-hybridized carbons (Fsp3) is 0.455. The van der Waals surface area contributed by atoms with Gasteiger partial charge in [0, 0.05) is 16.5 Å². The van der Waals surface area contributed by atoms with E-state index in [1.165, 1.54) is 10.5 Å². The molecule has 0 heterocycles. The van der Waals surface area contributed by atoms with Crippen molar-refractivity contribution < 1.29 is 0 Å². The minimum atomic E-state index is 0.754. The summed E-state index contributed by atoms with van der Waals surface area (Å²) < 4.78 is 0. The van der Waals surface area contributed by atoms with Gasteiger partial charge >= 0.3 is 0 Å². The van der Waals surface area contributed by atoms with Crippen molar-refractivity contribution in [2.75, 3.05) is 17.4 Å². The predicted octanol–water partition coefficient (Wildman–Crippen LogP) is 3.69. The second-order valence-electron chi connectivity index (χ2n) is 3.29. The largest absolute Gasteiger partial charge is 0.398 e. The Kier molecular flexibility index (Phi) is 5.20. The molecule has 14 heavy (non-hydrogen) atoms. The Hall–Kier alpha value is -0.340. The lowest BCUT2D eigenvalue weighted by molar-refractivity contribution is 0.903. The molecule has 1 rings (SSSR count). The minimum Gasteiger partial charge on any atom is -0.398 e. The maximum atomic E-state index is 5.89. The second kappa shape index (κ2) is 6.20. The first-order chi connectivity index (χ1) is 6.74. The van der Waals surface area contributed by atoms with E-state index >= 15 is 0 Å². The molecular formula is C11H16ClNS. The van der Waals surface area contributed by atoms with Crippen molar-refractivity contribution in [1.29, 1.82) is 0 Å². The van der Waals surface area contributed by atoms with E-state index in [1.807, 2.05) is 17.8 Å². The van der Waals surface area contributed by atoms with Crippen LogP contribution in [0.2, 0.25) is 0 Å². The van der Waals surface area contributed by atoms with Gasteiger partial charge in [-0.1, -0.05) is 6.07 Å². The summed E-state index contributed by atoms with van der Waals surface area (Å²) >= 11 is 7.41. The molecule has 3 heteroatoms. The van der Waals surface area contributed by atoms with E-state index in [9.17, 15) is 0 Å². The summed E-state index contributed by atoms with van der Waals surface area (Å²) in [6.45, 7) is 2.05. The number of hydrogen-bond donors (Lipinski definition) is 1. The predicted molar refractivity (Wildman–Crippen MR) is 66.3 cm³/mol. The zero-order valence-electron chi connectivity index (χ0n) is 8.42. The maximum absolute atomic E-state index is 5.89. The molecule has 2 N–H and O–H groups in total. The van der Waals surface area contributed by atoms with Crippen molar-refractivity contribution in [2.45, 2.75) is 24.7 Å². The van der Waals surface area contributed by atoms with Crippen LogP contribution in [0, 0.1) is 6.92 Å². The summed E-state index contributed by atoms with van der Waals surface area (Å²) in [6, 6.07) is 6.21. The number of nitrogen functional groups attached to an aromatic ring is 1. The van der Waals surface area contributed by atoms with Gasteiger partial charge in [0.1, 0.15) is 0 Å². The van der Waals surface area contributed by atoms with Crippen LogP contribution < -0.4 is 5.73 Å². The van der Waals surface area contributed by atoms with Crippen molar-refractivity contribution in [3.8, 4) is 0 Å². The first-order valence-corrected chi connectivity index (χ1v) is 6.31. The monoisotopic (exact) mass is 229 g/mol. The molecule has 0 aliphatic carbocycles. The molecule has 0 fully saturated rings. The molecule has 1 aromatic rings. The highest BCUT2D eigenvalue weighted by molar-refractivity contribution is 7.99. The van der Waals surface area contributed by atoms with Gasteiger partial charge in [-0.15, -0.1) is 23.4 Å².